The van der Waals surface area contributed by atoms with Gasteiger partial charge in [-0.15, -0.1) is 0 Å². The van der Waals surface area contributed by atoms with Crippen molar-refractivity contribution in [1.29, 1.82) is 0 Å². The van der Waals surface area contributed by atoms with Crippen LogP contribution in [-0.4, -0.2) is 31.5 Å². The Morgan fingerprint density at radius 3 is 2.25 bits per heavy atom. The molecule has 0 unspecified atom stereocenters. The number of amides is 2. The maximum atomic E-state index is 12.0. The zero-order valence-corrected chi connectivity index (χ0v) is 16.1. The number of carbonyl (C=O) groups is 3. The Hall–Kier alpha value is -3.06. The third-order valence-corrected chi connectivity index (χ3v) is 4.01. The van der Waals surface area contributed by atoms with Crippen LogP contribution in [0.15, 0.2) is 48.5 Å². The third-order valence-electron chi connectivity index (χ3n) is 3.68. The van der Waals surface area contributed by atoms with Crippen molar-refractivity contribution in [2.45, 2.75) is 19.3 Å². The fourth-order valence-electron chi connectivity index (χ4n) is 2.32. The molecule has 2 N–H and O–H groups in total. The molecule has 0 aliphatic heterocycles. The number of para-hydroxylation sites is 3. The molecule has 0 saturated heterocycles. The van der Waals surface area contributed by atoms with Crippen molar-refractivity contribution in [2.24, 2.45) is 0 Å². The molecule has 28 heavy (non-hydrogen) atoms. The molecule has 8 heteroatoms. The van der Waals surface area contributed by atoms with Gasteiger partial charge in [0.1, 0.15) is 5.75 Å². The number of hydrogen-bond donors (Lipinski definition) is 2. The van der Waals surface area contributed by atoms with E-state index in [-0.39, 0.29) is 18.7 Å². The van der Waals surface area contributed by atoms with Gasteiger partial charge in [0.25, 0.3) is 5.91 Å². The summed E-state index contributed by atoms with van der Waals surface area (Å²) >= 11 is 5.94. The van der Waals surface area contributed by atoms with E-state index in [1.807, 2.05) is 0 Å². The van der Waals surface area contributed by atoms with Crippen molar-refractivity contribution in [3.05, 3.63) is 53.6 Å². The van der Waals surface area contributed by atoms with E-state index in [2.05, 4.69) is 10.6 Å². The van der Waals surface area contributed by atoms with Crippen molar-refractivity contribution in [3.63, 3.8) is 0 Å². The predicted molar refractivity (Wildman–Crippen MR) is 107 cm³/mol. The Morgan fingerprint density at radius 1 is 0.893 bits per heavy atom. The van der Waals surface area contributed by atoms with Crippen molar-refractivity contribution in [2.75, 3.05) is 24.4 Å². The maximum absolute atomic E-state index is 12.0. The molecule has 7 nitrogen and oxygen atoms in total. The molecule has 0 bridgehead atoms. The Bertz CT molecular complexity index is 841. The van der Waals surface area contributed by atoms with Crippen molar-refractivity contribution >= 4 is 40.8 Å². The lowest BCUT2D eigenvalue weighted by atomic mass is 10.2. The average Bonchev–Trinajstić information content (AvgIpc) is 2.68. The molecule has 0 spiro atoms. The minimum atomic E-state index is -0.556. The summed E-state index contributed by atoms with van der Waals surface area (Å²) in [5.41, 5.74) is 1.01. The Kier molecular flexibility index (Phi) is 8.30. The van der Waals surface area contributed by atoms with Gasteiger partial charge in [-0.3, -0.25) is 14.4 Å². The highest BCUT2D eigenvalue weighted by Crippen LogP contribution is 2.23. The molecule has 0 aliphatic rings. The van der Waals surface area contributed by atoms with Crippen molar-refractivity contribution in [1.82, 2.24) is 0 Å². The number of ether oxygens (including phenoxy) is 2. The number of methoxy groups -OCH3 is 1. The van der Waals surface area contributed by atoms with E-state index >= 15 is 0 Å². The summed E-state index contributed by atoms with van der Waals surface area (Å²) in [4.78, 5) is 35.5. The van der Waals surface area contributed by atoms with Gasteiger partial charge < -0.3 is 20.1 Å². The van der Waals surface area contributed by atoms with Crippen molar-refractivity contribution < 1.29 is 23.9 Å². The van der Waals surface area contributed by atoms with E-state index in [0.717, 1.165) is 0 Å². The van der Waals surface area contributed by atoms with Crippen LogP contribution in [0.1, 0.15) is 19.3 Å². The number of esters is 1. The van der Waals surface area contributed by atoms with Crippen LogP contribution in [0, 0.1) is 0 Å². The quantitative estimate of drug-likeness (QED) is 0.622. The summed E-state index contributed by atoms with van der Waals surface area (Å²) in [7, 11) is 1.52. The van der Waals surface area contributed by atoms with Crippen LogP contribution in [0.5, 0.6) is 5.75 Å². The number of nitrogens with one attached hydrogen (secondary N) is 2. The molecule has 2 amide bonds. The SMILES string of the molecule is COc1ccccc1NC(=O)CCCC(=O)OCC(=O)Nc1ccccc1Cl. The second kappa shape index (κ2) is 10.9. The summed E-state index contributed by atoms with van der Waals surface area (Å²) in [6.07, 6.45) is 0.462. The predicted octanol–water partition coefficient (Wildman–Crippen LogP) is 3.64. The number of hydrogen-bond acceptors (Lipinski definition) is 5. The smallest absolute Gasteiger partial charge is 0.306 e. The molecule has 2 rings (SSSR count). The fourth-order valence-corrected chi connectivity index (χ4v) is 2.50. The highest BCUT2D eigenvalue weighted by atomic mass is 35.5. The molecule has 0 radical (unpaired) electrons. The van der Waals surface area contributed by atoms with E-state index in [1.54, 1.807) is 48.5 Å². The van der Waals surface area contributed by atoms with Gasteiger partial charge in [-0.05, 0) is 30.7 Å². The number of benzene rings is 2. The second-order valence-electron chi connectivity index (χ2n) is 5.79. The van der Waals surface area contributed by atoms with Gasteiger partial charge in [-0.2, -0.15) is 0 Å². The van der Waals surface area contributed by atoms with E-state index < -0.39 is 18.5 Å². The molecular formula is C20H21ClN2O5. The third kappa shape index (κ3) is 6.92. The topological polar surface area (TPSA) is 93.7 Å². The van der Waals surface area contributed by atoms with Gasteiger partial charge in [0.05, 0.1) is 23.5 Å². The molecule has 0 aromatic heterocycles. The maximum Gasteiger partial charge on any atom is 0.306 e. The van der Waals surface area contributed by atoms with Gasteiger partial charge in [0, 0.05) is 12.8 Å². The molecule has 0 aliphatic carbocycles. The van der Waals surface area contributed by atoms with E-state index in [4.69, 9.17) is 21.1 Å². The van der Waals surface area contributed by atoms with Crippen LogP contribution in [0.3, 0.4) is 0 Å². The van der Waals surface area contributed by atoms with Crippen LogP contribution in [0.4, 0.5) is 11.4 Å². The molecule has 0 atom stereocenters. The molecule has 148 valence electrons. The number of halogens is 1. The molecule has 0 fully saturated rings. The van der Waals surface area contributed by atoms with Crippen LogP contribution < -0.4 is 15.4 Å². The number of rotatable bonds is 9. The van der Waals surface area contributed by atoms with Crippen molar-refractivity contribution in [3.8, 4) is 5.75 Å². The Labute approximate surface area is 168 Å². The van der Waals surface area contributed by atoms with Crippen LogP contribution in [-0.2, 0) is 19.1 Å². The van der Waals surface area contributed by atoms with Gasteiger partial charge in [0.15, 0.2) is 6.61 Å². The highest BCUT2D eigenvalue weighted by Gasteiger charge is 2.11. The normalized spacial score (nSPS) is 10.1. The van der Waals surface area contributed by atoms with Gasteiger partial charge in [-0.25, -0.2) is 0 Å². The zero-order valence-electron chi connectivity index (χ0n) is 15.4. The van der Waals surface area contributed by atoms with E-state index in [1.165, 1.54) is 7.11 Å². The lowest BCUT2D eigenvalue weighted by Gasteiger charge is -2.10. The first-order chi connectivity index (χ1) is 13.5. The first-order valence-electron chi connectivity index (χ1n) is 8.62. The van der Waals surface area contributed by atoms with Crippen LogP contribution in [0.2, 0.25) is 5.02 Å². The summed E-state index contributed by atoms with van der Waals surface area (Å²) in [5.74, 6) is -0.733. The summed E-state index contributed by atoms with van der Waals surface area (Å²) in [5, 5.41) is 5.67. The lowest BCUT2D eigenvalue weighted by molar-refractivity contribution is -0.147. The van der Waals surface area contributed by atoms with Crippen LogP contribution >= 0.6 is 11.6 Å². The molecule has 0 saturated carbocycles. The Morgan fingerprint density at radius 2 is 1.54 bits per heavy atom. The first-order valence-corrected chi connectivity index (χ1v) is 9.00. The average molecular weight is 405 g/mol. The highest BCUT2D eigenvalue weighted by molar-refractivity contribution is 6.33. The van der Waals surface area contributed by atoms with Gasteiger partial charge in [-0.1, -0.05) is 35.9 Å². The fraction of sp³-hybridized carbons (Fsp3) is 0.250. The molecule has 2 aromatic rings. The largest absolute Gasteiger partial charge is 0.495 e. The molecular weight excluding hydrogens is 384 g/mol. The molecule has 0 heterocycles. The number of anilines is 2. The van der Waals surface area contributed by atoms with Gasteiger partial charge >= 0.3 is 5.97 Å². The standard InChI is InChI=1S/C20H21ClN2O5/c1-27-17-10-5-4-9-16(17)23-18(24)11-6-12-20(26)28-13-19(25)22-15-8-3-2-7-14(15)21/h2-5,7-10H,6,11-13H2,1H3,(H,22,25)(H,23,24). The Balaban J connectivity index is 1.66. The molecule has 2 aromatic carbocycles. The first kappa shape index (κ1) is 21.2. The summed E-state index contributed by atoms with van der Waals surface area (Å²) in [6, 6.07) is 13.8. The minimum absolute atomic E-state index is 0.0265. The van der Waals surface area contributed by atoms with E-state index in [0.29, 0.717) is 28.6 Å². The summed E-state index contributed by atoms with van der Waals surface area (Å²) in [6.45, 7) is -0.419. The second-order valence-corrected chi connectivity index (χ2v) is 6.20. The van der Waals surface area contributed by atoms with E-state index in [9.17, 15) is 14.4 Å². The summed E-state index contributed by atoms with van der Waals surface area (Å²) < 4.78 is 10.1. The minimum Gasteiger partial charge on any atom is -0.495 e. The van der Waals surface area contributed by atoms with Gasteiger partial charge in [0.2, 0.25) is 5.91 Å². The zero-order chi connectivity index (χ0) is 20.4. The monoisotopic (exact) mass is 404 g/mol. The number of carbonyl (C=O) groups excluding carboxylic acids is 3. The van der Waals surface area contributed by atoms with Crippen LogP contribution in [0.25, 0.3) is 0 Å². The lowest BCUT2D eigenvalue weighted by Crippen LogP contribution is -2.21.